The molecule has 64 valence electrons. The van der Waals surface area contributed by atoms with Crippen molar-refractivity contribution in [3.05, 3.63) is 0 Å². The van der Waals surface area contributed by atoms with Crippen molar-refractivity contribution in [1.82, 2.24) is 0 Å². The summed E-state index contributed by atoms with van der Waals surface area (Å²) < 4.78 is 4.45. The van der Waals surface area contributed by atoms with Gasteiger partial charge in [0.25, 0.3) is 0 Å². The van der Waals surface area contributed by atoms with Gasteiger partial charge in [0.15, 0.2) is 11.7 Å². The molecule has 0 spiro atoms. The Bertz CT molecular complexity index is 176. The number of cyclic esters (lactones) is 1. The van der Waals surface area contributed by atoms with Gasteiger partial charge >= 0.3 is 5.97 Å². The lowest BCUT2D eigenvalue weighted by atomic mass is 9.99. The molecule has 3 atom stereocenters. The van der Waals surface area contributed by atoms with Crippen LogP contribution in [0.1, 0.15) is 6.92 Å². The second-order valence-corrected chi connectivity index (χ2v) is 2.72. The molecule has 1 aliphatic rings. The van der Waals surface area contributed by atoms with Crippen molar-refractivity contribution in [3.63, 3.8) is 0 Å². The van der Waals surface area contributed by atoms with Crippen LogP contribution < -0.4 is 0 Å². The fourth-order valence-electron chi connectivity index (χ4n) is 0.941. The van der Waals surface area contributed by atoms with Gasteiger partial charge in [0, 0.05) is 0 Å². The molecule has 0 aliphatic carbocycles. The Hall–Kier alpha value is -0.650. The van der Waals surface area contributed by atoms with E-state index in [4.69, 9.17) is 10.2 Å². The van der Waals surface area contributed by atoms with Crippen LogP contribution in [0.5, 0.6) is 0 Å². The van der Waals surface area contributed by atoms with Crippen molar-refractivity contribution < 1.29 is 24.9 Å². The highest BCUT2D eigenvalue weighted by Gasteiger charge is 2.52. The Morgan fingerprint density at radius 2 is 2.27 bits per heavy atom. The summed E-state index contributed by atoms with van der Waals surface area (Å²) >= 11 is 0. The molecule has 0 radical (unpaired) electrons. The van der Waals surface area contributed by atoms with Gasteiger partial charge in [0.1, 0.15) is 6.10 Å². The van der Waals surface area contributed by atoms with Gasteiger partial charge in [-0.3, -0.25) is 0 Å². The lowest BCUT2D eigenvalue weighted by Crippen LogP contribution is -2.43. The minimum atomic E-state index is -1.88. The number of aliphatic hydroxyl groups excluding tert-OH is 2. The predicted molar refractivity (Wildman–Crippen MR) is 33.6 cm³/mol. The highest BCUT2D eigenvalue weighted by molar-refractivity contribution is 5.82. The van der Waals surface area contributed by atoms with Gasteiger partial charge in [-0.2, -0.15) is 0 Å². The zero-order chi connectivity index (χ0) is 8.65. The number of ether oxygens (including phenoxy) is 1. The average Bonchev–Trinajstić information content (AvgIpc) is 2.14. The molecular formula is C6H10O5. The van der Waals surface area contributed by atoms with Crippen molar-refractivity contribution in [2.24, 2.45) is 0 Å². The third-order valence-electron chi connectivity index (χ3n) is 1.78. The number of hydrogen-bond acceptors (Lipinski definition) is 5. The first-order valence-electron chi connectivity index (χ1n) is 3.22. The number of esters is 1. The lowest BCUT2D eigenvalue weighted by molar-refractivity contribution is -0.155. The van der Waals surface area contributed by atoms with E-state index >= 15 is 0 Å². The van der Waals surface area contributed by atoms with E-state index in [2.05, 4.69) is 4.74 Å². The molecule has 2 unspecified atom stereocenters. The fourth-order valence-corrected chi connectivity index (χ4v) is 0.941. The topological polar surface area (TPSA) is 87.0 Å². The summed E-state index contributed by atoms with van der Waals surface area (Å²) in [7, 11) is 0. The molecule has 0 aromatic rings. The molecule has 11 heavy (non-hydrogen) atoms. The molecule has 1 heterocycles. The van der Waals surface area contributed by atoms with Gasteiger partial charge in [0.2, 0.25) is 0 Å². The van der Waals surface area contributed by atoms with E-state index in [1.54, 1.807) is 0 Å². The van der Waals surface area contributed by atoms with Crippen molar-refractivity contribution in [3.8, 4) is 0 Å². The monoisotopic (exact) mass is 162 g/mol. The fraction of sp³-hybridized carbons (Fsp3) is 0.833. The highest BCUT2D eigenvalue weighted by Crippen LogP contribution is 2.25. The molecule has 1 fully saturated rings. The summed E-state index contributed by atoms with van der Waals surface area (Å²) in [6, 6.07) is 0. The lowest BCUT2D eigenvalue weighted by Gasteiger charge is -2.16. The largest absolute Gasteiger partial charge is 0.455 e. The maximum absolute atomic E-state index is 10.7. The molecule has 0 bridgehead atoms. The number of rotatable bonds is 1. The Labute approximate surface area is 63.2 Å². The van der Waals surface area contributed by atoms with E-state index in [1.807, 2.05) is 0 Å². The van der Waals surface area contributed by atoms with Gasteiger partial charge in [0.05, 0.1) is 6.61 Å². The molecule has 0 saturated carbocycles. The molecular weight excluding hydrogens is 152 g/mol. The molecule has 5 heteroatoms. The summed E-state index contributed by atoms with van der Waals surface area (Å²) in [5.41, 5.74) is -1.88. The van der Waals surface area contributed by atoms with Crippen molar-refractivity contribution in [2.75, 3.05) is 6.61 Å². The van der Waals surface area contributed by atoms with E-state index in [0.29, 0.717) is 0 Å². The van der Waals surface area contributed by atoms with Gasteiger partial charge in [-0.05, 0) is 6.92 Å². The Morgan fingerprint density at radius 3 is 2.45 bits per heavy atom. The summed E-state index contributed by atoms with van der Waals surface area (Å²) in [5, 5.41) is 26.9. The number of carbonyl (C=O) groups is 1. The molecule has 0 aromatic heterocycles. The minimum absolute atomic E-state index is 0.483. The summed E-state index contributed by atoms with van der Waals surface area (Å²) in [6.07, 6.45) is -2.35. The van der Waals surface area contributed by atoms with E-state index in [0.717, 1.165) is 6.92 Å². The molecule has 0 amide bonds. The highest BCUT2D eigenvalue weighted by atomic mass is 16.6. The molecule has 5 nitrogen and oxygen atoms in total. The standard InChI is InChI=1S/C6H10O5/c1-6(10)4(8)3(2-7)11-5(6)9/h3-4,7-8,10H,2H2,1H3/t3?,4?,6-/m0/s1. The second kappa shape index (κ2) is 2.44. The first-order valence-corrected chi connectivity index (χ1v) is 3.22. The molecule has 1 saturated heterocycles. The van der Waals surface area contributed by atoms with Gasteiger partial charge in [-0.1, -0.05) is 0 Å². The van der Waals surface area contributed by atoms with Crippen molar-refractivity contribution >= 4 is 5.97 Å². The van der Waals surface area contributed by atoms with E-state index in [-0.39, 0.29) is 0 Å². The molecule has 1 aliphatic heterocycles. The van der Waals surface area contributed by atoms with Crippen LogP contribution >= 0.6 is 0 Å². The maximum Gasteiger partial charge on any atom is 0.341 e. The van der Waals surface area contributed by atoms with Crippen LogP contribution in [0.2, 0.25) is 0 Å². The van der Waals surface area contributed by atoms with Crippen LogP contribution in [-0.4, -0.2) is 45.7 Å². The smallest absolute Gasteiger partial charge is 0.341 e. The van der Waals surface area contributed by atoms with Crippen molar-refractivity contribution in [1.29, 1.82) is 0 Å². The zero-order valence-electron chi connectivity index (χ0n) is 6.02. The molecule has 3 N–H and O–H groups in total. The third-order valence-corrected chi connectivity index (χ3v) is 1.78. The Balaban J connectivity index is 2.80. The van der Waals surface area contributed by atoms with Gasteiger partial charge in [-0.25, -0.2) is 4.79 Å². The van der Waals surface area contributed by atoms with E-state index < -0.39 is 30.4 Å². The number of aliphatic hydroxyl groups is 3. The summed E-state index contributed by atoms with van der Waals surface area (Å²) in [5.74, 6) is -0.899. The SMILES string of the molecule is C[C@@]1(O)C(=O)OC(CO)C1O. The van der Waals surface area contributed by atoms with Crippen LogP contribution in [0.3, 0.4) is 0 Å². The van der Waals surface area contributed by atoms with Crippen LogP contribution in [0, 0.1) is 0 Å². The Morgan fingerprint density at radius 1 is 1.73 bits per heavy atom. The predicted octanol–water partition coefficient (Wildman–Crippen LogP) is -1.98. The summed E-state index contributed by atoms with van der Waals surface area (Å²) in [6.45, 7) is 0.665. The molecule has 0 aromatic carbocycles. The third kappa shape index (κ3) is 1.11. The quantitative estimate of drug-likeness (QED) is 0.389. The van der Waals surface area contributed by atoms with Gasteiger partial charge in [-0.15, -0.1) is 0 Å². The van der Waals surface area contributed by atoms with Crippen LogP contribution in [0.25, 0.3) is 0 Å². The number of carbonyl (C=O) groups excluding carboxylic acids is 1. The van der Waals surface area contributed by atoms with Crippen molar-refractivity contribution in [2.45, 2.75) is 24.7 Å². The molecule has 1 rings (SSSR count). The van der Waals surface area contributed by atoms with Gasteiger partial charge < -0.3 is 20.1 Å². The number of hydrogen-bond donors (Lipinski definition) is 3. The Kier molecular flexibility index (Phi) is 1.87. The van der Waals surface area contributed by atoms with Crippen LogP contribution in [0.15, 0.2) is 0 Å². The maximum atomic E-state index is 10.7. The average molecular weight is 162 g/mol. The first kappa shape index (κ1) is 8.45. The van der Waals surface area contributed by atoms with E-state index in [1.165, 1.54) is 0 Å². The first-order chi connectivity index (χ1) is 5.00. The normalized spacial score (nSPS) is 44.2. The van der Waals surface area contributed by atoms with E-state index in [9.17, 15) is 9.90 Å². The summed E-state index contributed by atoms with van der Waals surface area (Å²) in [4.78, 5) is 10.7. The second-order valence-electron chi connectivity index (χ2n) is 2.72. The van der Waals surface area contributed by atoms with Crippen LogP contribution in [0.4, 0.5) is 0 Å². The van der Waals surface area contributed by atoms with Crippen LogP contribution in [-0.2, 0) is 9.53 Å². The minimum Gasteiger partial charge on any atom is -0.455 e. The zero-order valence-corrected chi connectivity index (χ0v) is 6.02.